The van der Waals surface area contributed by atoms with Crippen LogP contribution in [0.15, 0.2) is 12.1 Å². The molecule has 2 rings (SSSR count). The lowest BCUT2D eigenvalue weighted by atomic mass is 10.2. The number of nitrogens with two attached hydrogens (primary N) is 1. The molecule has 7 nitrogen and oxygen atoms in total. The summed E-state index contributed by atoms with van der Waals surface area (Å²) >= 11 is 0. The van der Waals surface area contributed by atoms with Gasteiger partial charge in [0.2, 0.25) is 11.7 Å². The Balaban J connectivity index is 2.46. The zero-order valence-corrected chi connectivity index (χ0v) is 11.1. The molecule has 0 radical (unpaired) electrons. The van der Waals surface area contributed by atoms with E-state index in [1.807, 2.05) is 0 Å². The van der Waals surface area contributed by atoms with E-state index in [2.05, 4.69) is 9.97 Å². The first kappa shape index (κ1) is 14.6. The predicted molar refractivity (Wildman–Crippen MR) is 69.0 cm³/mol. The average molecular weight is 296 g/mol. The van der Waals surface area contributed by atoms with E-state index in [0.29, 0.717) is 17.7 Å². The Labute approximate surface area is 117 Å². The van der Waals surface area contributed by atoms with Crippen molar-refractivity contribution in [1.82, 2.24) is 9.97 Å². The largest absolute Gasteiger partial charge is 0.435 e. The molecule has 0 aliphatic carbocycles. The second-order valence-corrected chi connectivity index (χ2v) is 4.18. The van der Waals surface area contributed by atoms with Crippen molar-refractivity contribution in [3.05, 3.63) is 45.3 Å². The highest BCUT2D eigenvalue weighted by atomic mass is 19.1. The highest BCUT2D eigenvalue weighted by molar-refractivity contribution is 5.47. The van der Waals surface area contributed by atoms with E-state index in [-0.39, 0.29) is 17.5 Å². The third-order valence-electron chi connectivity index (χ3n) is 2.66. The van der Waals surface area contributed by atoms with Crippen molar-refractivity contribution in [3.8, 4) is 11.6 Å². The number of benzene rings is 1. The quantitative estimate of drug-likeness (QED) is 0.689. The van der Waals surface area contributed by atoms with E-state index < -0.39 is 28.0 Å². The van der Waals surface area contributed by atoms with Crippen LogP contribution in [0.4, 0.5) is 20.3 Å². The highest BCUT2D eigenvalue weighted by Crippen LogP contribution is 2.31. The van der Waals surface area contributed by atoms with Crippen LogP contribution in [0.2, 0.25) is 0 Å². The monoisotopic (exact) mass is 296 g/mol. The van der Waals surface area contributed by atoms with Gasteiger partial charge in [0.05, 0.1) is 16.6 Å². The van der Waals surface area contributed by atoms with E-state index in [9.17, 15) is 18.9 Å². The molecule has 2 aromatic rings. The van der Waals surface area contributed by atoms with Crippen LogP contribution in [-0.4, -0.2) is 14.9 Å². The van der Waals surface area contributed by atoms with Crippen LogP contribution in [0.25, 0.3) is 0 Å². The number of nitro benzene ring substituents is 1. The van der Waals surface area contributed by atoms with Gasteiger partial charge in [-0.1, -0.05) is 0 Å². The summed E-state index contributed by atoms with van der Waals surface area (Å²) in [5.74, 6) is -2.45. The summed E-state index contributed by atoms with van der Waals surface area (Å²) in [4.78, 5) is 17.3. The van der Waals surface area contributed by atoms with Gasteiger partial charge in [-0.2, -0.15) is 9.37 Å². The zero-order chi connectivity index (χ0) is 15.7. The molecule has 0 bridgehead atoms. The molecule has 0 amide bonds. The van der Waals surface area contributed by atoms with E-state index >= 15 is 0 Å². The number of aryl methyl sites for hydroxylation is 1. The molecule has 0 atom stereocenters. The summed E-state index contributed by atoms with van der Waals surface area (Å²) < 4.78 is 32.4. The van der Waals surface area contributed by atoms with E-state index in [1.165, 1.54) is 0 Å². The van der Waals surface area contributed by atoms with Gasteiger partial charge in [0.15, 0.2) is 11.6 Å². The summed E-state index contributed by atoms with van der Waals surface area (Å²) in [5.41, 5.74) is 4.99. The van der Waals surface area contributed by atoms with Crippen molar-refractivity contribution >= 4 is 11.5 Å². The summed E-state index contributed by atoms with van der Waals surface area (Å²) in [7, 11) is 0. The van der Waals surface area contributed by atoms with Gasteiger partial charge >= 0.3 is 5.69 Å². The lowest BCUT2D eigenvalue weighted by molar-refractivity contribution is -0.387. The number of hydrogen-bond donors (Lipinski definition) is 1. The van der Waals surface area contributed by atoms with Crippen LogP contribution in [-0.2, 0) is 0 Å². The first-order valence-electron chi connectivity index (χ1n) is 5.71. The van der Waals surface area contributed by atoms with Gasteiger partial charge in [-0.25, -0.2) is 9.37 Å². The van der Waals surface area contributed by atoms with Crippen LogP contribution in [0.1, 0.15) is 11.4 Å². The molecule has 1 aromatic heterocycles. The van der Waals surface area contributed by atoms with Crippen molar-refractivity contribution < 1.29 is 18.4 Å². The number of aromatic nitrogens is 2. The normalized spacial score (nSPS) is 10.5. The van der Waals surface area contributed by atoms with E-state index in [4.69, 9.17) is 10.5 Å². The molecule has 1 aromatic carbocycles. The number of rotatable bonds is 3. The second kappa shape index (κ2) is 5.27. The van der Waals surface area contributed by atoms with E-state index in [0.717, 1.165) is 0 Å². The highest BCUT2D eigenvalue weighted by Gasteiger charge is 2.21. The summed E-state index contributed by atoms with van der Waals surface area (Å²) in [6.45, 7) is 3.10. The Hall–Kier alpha value is -2.84. The number of nitro groups is 1. The molecule has 0 aliphatic heterocycles. The summed E-state index contributed by atoms with van der Waals surface area (Å²) in [5, 5.41) is 10.5. The fraction of sp³-hybridized carbons (Fsp3) is 0.167. The number of anilines is 1. The molecule has 0 spiro atoms. The van der Waals surface area contributed by atoms with Crippen molar-refractivity contribution in [1.29, 1.82) is 0 Å². The van der Waals surface area contributed by atoms with Crippen molar-refractivity contribution in [3.63, 3.8) is 0 Å². The fourth-order valence-corrected chi connectivity index (χ4v) is 1.56. The minimum absolute atomic E-state index is 0.0489. The third kappa shape index (κ3) is 2.86. The molecular formula is C12H10F2N4O3. The van der Waals surface area contributed by atoms with Crippen LogP contribution < -0.4 is 10.5 Å². The van der Waals surface area contributed by atoms with Crippen LogP contribution in [0.5, 0.6) is 11.6 Å². The van der Waals surface area contributed by atoms with Crippen molar-refractivity contribution in [2.24, 2.45) is 0 Å². The Kier molecular flexibility index (Phi) is 3.66. The van der Waals surface area contributed by atoms with E-state index in [1.54, 1.807) is 13.8 Å². The maximum atomic E-state index is 13.7. The molecule has 0 saturated heterocycles. The zero-order valence-electron chi connectivity index (χ0n) is 11.1. The van der Waals surface area contributed by atoms with Crippen LogP contribution >= 0.6 is 0 Å². The third-order valence-corrected chi connectivity index (χ3v) is 2.66. The number of nitrogens with zero attached hydrogens (tertiary/aromatic N) is 3. The minimum Gasteiger partial charge on any atom is -0.435 e. The van der Waals surface area contributed by atoms with Gasteiger partial charge in [0.1, 0.15) is 11.6 Å². The Morgan fingerprint density at radius 1 is 1.24 bits per heavy atom. The Morgan fingerprint density at radius 3 is 2.52 bits per heavy atom. The molecule has 0 aliphatic rings. The van der Waals surface area contributed by atoms with Crippen LogP contribution in [0, 0.1) is 35.6 Å². The molecule has 1 heterocycles. The smallest absolute Gasteiger partial charge is 0.307 e. The maximum Gasteiger partial charge on any atom is 0.307 e. The van der Waals surface area contributed by atoms with Gasteiger partial charge in [0.25, 0.3) is 0 Å². The van der Waals surface area contributed by atoms with Gasteiger partial charge in [-0.05, 0) is 13.8 Å². The molecule has 0 fully saturated rings. The van der Waals surface area contributed by atoms with Crippen LogP contribution in [0.3, 0.4) is 0 Å². The number of nitrogen functional groups attached to an aromatic ring is 1. The maximum absolute atomic E-state index is 13.7. The second-order valence-electron chi connectivity index (χ2n) is 4.18. The average Bonchev–Trinajstić information content (AvgIpc) is 2.38. The molecule has 2 N–H and O–H groups in total. The van der Waals surface area contributed by atoms with Gasteiger partial charge in [-0.3, -0.25) is 10.1 Å². The number of halogens is 2. The minimum atomic E-state index is -1.21. The van der Waals surface area contributed by atoms with Crippen molar-refractivity contribution in [2.75, 3.05) is 5.73 Å². The number of ether oxygens (including phenoxy) is 1. The fourth-order valence-electron chi connectivity index (χ4n) is 1.56. The summed E-state index contributed by atoms with van der Waals surface area (Å²) in [6.07, 6.45) is 0. The van der Waals surface area contributed by atoms with Crippen molar-refractivity contribution in [2.45, 2.75) is 13.8 Å². The number of hydrogen-bond acceptors (Lipinski definition) is 6. The lowest BCUT2D eigenvalue weighted by Gasteiger charge is -2.10. The molecule has 0 unspecified atom stereocenters. The molecular weight excluding hydrogens is 286 g/mol. The Morgan fingerprint density at radius 2 is 1.90 bits per heavy atom. The molecule has 21 heavy (non-hydrogen) atoms. The topological polar surface area (TPSA) is 104 Å². The lowest BCUT2D eigenvalue weighted by Crippen LogP contribution is -2.03. The predicted octanol–water partition coefficient (Wildman–Crippen LogP) is 2.65. The first-order valence-corrected chi connectivity index (χ1v) is 5.71. The van der Waals surface area contributed by atoms with Gasteiger partial charge < -0.3 is 10.5 Å². The Bertz CT molecular complexity index is 737. The molecule has 110 valence electrons. The molecule has 0 saturated carbocycles. The SMILES string of the molecule is Cc1nc(N)c(C)c(Oc2cc(F)c([N+](=O)[O-])cc2F)n1. The first-order chi connectivity index (χ1) is 9.79. The summed E-state index contributed by atoms with van der Waals surface area (Å²) in [6, 6.07) is 1.03. The standard InChI is InChI=1S/C12H10F2N4O3/c1-5-11(15)16-6(2)17-12(5)21-10-4-7(13)9(18(19)20)3-8(10)14/h3-4H,1-2H3,(H2,15,16,17). The molecule has 9 heteroatoms. The van der Waals surface area contributed by atoms with Gasteiger partial charge in [0, 0.05) is 6.07 Å². The van der Waals surface area contributed by atoms with Gasteiger partial charge in [-0.15, -0.1) is 0 Å².